The first kappa shape index (κ1) is 31.3. The Bertz CT molecular complexity index is 1550. The Kier molecular flexibility index (Phi) is 11.0. The van der Waals surface area contributed by atoms with Gasteiger partial charge in [0.05, 0.1) is 6.04 Å². The second-order valence-corrected chi connectivity index (χ2v) is 10.6. The van der Waals surface area contributed by atoms with Crippen molar-refractivity contribution >= 4 is 47.2 Å². The Hall–Kier alpha value is -4.61. The van der Waals surface area contributed by atoms with E-state index in [9.17, 15) is 24.3 Å². The number of aromatic nitrogens is 1. The van der Waals surface area contributed by atoms with Crippen LogP contribution in [-0.4, -0.2) is 63.7 Å². The van der Waals surface area contributed by atoms with Crippen molar-refractivity contribution in [3.63, 3.8) is 0 Å². The maximum Gasteiger partial charge on any atom is 0.326 e. The van der Waals surface area contributed by atoms with Crippen LogP contribution >= 0.6 is 12.6 Å². The number of carboxylic acid groups (broad SMARTS) is 1. The van der Waals surface area contributed by atoms with Crippen molar-refractivity contribution in [3.05, 3.63) is 108 Å². The molecule has 0 saturated heterocycles. The van der Waals surface area contributed by atoms with Crippen LogP contribution in [0.3, 0.4) is 0 Å². The highest BCUT2D eigenvalue weighted by molar-refractivity contribution is 7.80. The minimum Gasteiger partial charge on any atom is -0.480 e. The molecule has 0 bridgehead atoms. The van der Waals surface area contributed by atoms with Crippen LogP contribution in [0.5, 0.6) is 0 Å². The standard InChI is InChI=1S/C32H35N5O5S/c33-24(15-20-9-3-1-4-10-20)29(38)37-28(19-43)31(40)35-26(16-21-11-5-2-6-12-21)30(39)36-27(32(41)42)17-22-18-34-25-14-8-7-13-23(22)25/h1-14,18,24,26-28,34,43H,15-17,19,33H2,(H,35,40)(H,36,39)(H,37,38)(H,41,42). The van der Waals surface area contributed by atoms with Crippen LogP contribution in [0.25, 0.3) is 10.9 Å². The van der Waals surface area contributed by atoms with Gasteiger partial charge in [0.25, 0.3) is 0 Å². The highest BCUT2D eigenvalue weighted by atomic mass is 32.1. The van der Waals surface area contributed by atoms with Crippen molar-refractivity contribution in [1.29, 1.82) is 0 Å². The van der Waals surface area contributed by atoms with E-state index in [2.05, 4.69) is 33.6 Å². The van der Waals surface area contributed by atoms with Gasteiger partial charge in [0.15, 0.2) is 0 Å². The van der Waals surface area contributed by atoms with Gasteiger partial charge in [-0.1, -0.05) is 78.9 Å². The second-order valence-electron chi connectivity index (χ2n) is 10.3. The zero-order valence-electron chi connectivity index (χ0n) is 23.4. The quantitative estimate of drug-likeness (QED) is 0.109. The van der Waals surface area contributed by atoms with E-state index >= 15 is 0 Å². The molecule has 1 aromatic heterocycles. The minimum absolute atomic E-state index is 0.0334. The van der Waals surface area contributed by atoms with Crippen molar-refractivity contribution in [2.75, 3.05) is 5.75 Å². The zero-order chi connectivity index (χ0) is 30.8. The lowest BCUT2D eigenvalue weighted by Gasteiger charge is -2.25. The molecule has 10 nitrogen and oxygen atoms in total. The average Bonchev–Trinajstić information content (AvgIpc) is 3.42. The van der Waals surface area contributed by atoms with Gasteiger partial charge in [-0.25, -0.2) is 4.79 Å². The van der Waals surface area contributed by atoms with Crippen molar-refractivity contribution < 1.29 is 24.3 Å². The number of carbonyl (C=O) groups excluding carboxylic acids is 3. The van der Waals surface area contributed by atoms with E-state index in [-0.39, 0.29) is 25.0 Å². The number of aliphatic carboxylic acids is 1. The molecule has 3 aromatic carbocycles. The monoisotopic (exact) mass is 601 g/mol. The van der Waals surface area contributed by atoms with E-state index in [0.29, 0.717) is 0 Å². The molecule has 0 aliphatic carbocycles. The van der Waals surface area contributed by atoms with Crippen LogP contribution in [0.2, 0.25) is 0 Å². The van der Waals surface area contributed by atoms with Gasteiger partial charge in [-0.05, 0) is 29.2 Å². The Labute approximate surface area is 254 Å². The molecule has 0 fully saturated rings. The number of aromatic amines is 1. The number of fused-ring (bicyclic) bond motifs is 1. The summed E-state index contributed by atoms with van der Waals surface area (Å²) < 4.78 is 0. The summed E-state index contributed by atoms with van der Waals surface area (Å²) in [5.74, 6) is -3.11. The van der Waals surface area contributed by atoms with E-state index < -0.39 is 47.9 Å². The van der Waals surface area contributed by atoms with E-state index in [1.165, 1.54) is 0 Å². The maximum absolute atomic E-state index is 13.5. The molecule has 0 aliphatic rings. The number of carbonyl (C=O) groups is 4. The summed E-state index contributed by atoms with van der Waals surface area (Å²) in [4.78, 5) is 54.9. The highest BCUT2D eigenvalue weighted by Gasteiger charge is 2.30. The first-order valence-electron chi connectivity index (χ1n) is 13.9. The molecular formula is C32H35N5O5S. The van der Waals surface area contributed by atoms with Crippen molar-refractivity contribution in [2.24, 2.45) is 5.73 Å². The summed E-state index contributed by atoms with van der Waals surface area (Å²) in [7, 11) is 0. The molecule has 0 aliphatic heterocycles. The molecule has 7 N–H and O–H groups in total. The lowest BCUT2D eigenvalue weighted by Crippen LogP contribution is -2.58. The summed E-state index contributed by atoms with van der Waals surface area (Å²) in [6.07, 6.45) is 2.13. The van der Waals surface area contributed by atoms with Crippen molar-refractivity contribution in [3.8, 4) is 0 Å². The summed E-state index contributed by atoms with van der Waals surface area (Å²) in [6.45, 7) is 0. The van der Waals surface area contributed by atoms with Gasteiger partial charge in [-0.2, -0.15) is 12.6 Å². The predicted octanol–water partition coefficient (Wildman–Crippen LogP) is 1.99. The second kappa shape index (κ2) is 15.0. The molecule has 4 unspecified atom stereocenters. The number of benzene rings is 3. The smallest absolute Gasteiger partial charge is 0.326 e. The normalized spacial score (nSPS) is 13.8. The molecule has 3 amide bonds. The lowest BCUT2D eigenvalue weighted by molar-refractivity contribution is -0.142. The lowest BCUT2D eigenvalue weighted by atomic mass is 10.0. The van der Waals surface area contributed by atoms with Gasteiger partial charge in [0, 0.05) is 35.7 Å². The van der Waals surface area contributed by atoms with E-state index in [1.54, 1.807) is 30.5 Å². The third kappa shape index (κ3) is 8.69. The fourth-order valence-electron chi connectivity index (χ4n) is 4.76. The maximum atomic E-state index is 13.5. The number of para-hydroxylation sites is 1. The number of amides is 3. The Balaban J connectivity index is 1.46. The zero-order valence-corrected chi connectivity index (χ0v) is 24.3. The molecule has 0 spiro atoms. The van der Waals surface area contributed by atoms with Crippen LogP contribution in [0.15, 0.2) is 91.1 Å². The number of hydrogen-bond acceptors (Lipinski definition) is 6. The number of rotatable bonds is 14. The number of H-pyrrole nitrogens is 1. The van der Waals surface area contributed by atoms with E-state index in [0.717, 1.165) is 27.6 Å². The fraction of sp³-hybridized carbons (Fsp3) is 0.250. The van der Waals surface area contributed by atoms with Crippen LogP contribution in [0, 0.1) is 0 Å². The molecule has 4 rings (SSSR count). The highest BCUT2D eigenvalue weighted by Crippen LogP contribution is 2.19. The van der Waals surface area contributed by atoms with Gasteiger partial charge in [0.1, 0.15) is 18.1 Å². The third-order valence-electron chi connectivity index (χ3n) is 7.08. The number of hydrogen-bond donors (Lipinski definition) is 7. The average molecular weight is 602 g/mol. The van der Waals surface area contributed by atoms with Gasteiger partial charge in [0.2, 0.25) is 17.7 Å². The molecule has 0 saturated carbocycles. The Morgan fingerprint density at radius 2 is 1.23 bits per heavy atom. The number of carboxylic acids is 1. The summed E-state index contributed by atoms with van der Waals surface area (Å²) in [5.41, 5.74) is 9.30. The summed E-state index contributed by atoms with van der Waals surface area (Å²) >= 11 is 4.23. The molecular weight excluding hydrogens is 566 g/mol. The molecule has 11 heteroatoms. The van der Waals surface area contributed by atoms with Crippen LogP contribution < -0.4 is 21.7 Å². The summed E-state index contributed by atoms with van der Waals surface area (Å²) in [6, 6.07) is 21.4. The number of nitrogens with one attached hydrogen (secondary N) is 4. The van der Waals surface area contributed by atoms with Crippen molar-refractivity contribution in [2.45, 2.75) is 43.4 Å². The SMILES string of the molecule is NC(Cc1ccccc1)C(=O)NC(CS)C(=O)NC(Cc1ccccc1)C(=O)NC(Cc1c[nH]c2ccccc12)C(=O)O. The van der Waals surface area contributed by atoms with E-state index in [1.807, 2.05) is 60.7 Å². The first-order valence-corrected chi connectivity index (χ1v) is 14.5. The Morgan fingerprint density at radius 1 is 0.698 bits per heavy atom. The topological polar surface area (TPSA) is 166 Å². The predicted molar refractivity (Wildman–Crippen MR) is 168 cm³/mol. The van der Waals surface area contributed by atoms with Crippen LogP contribution in [0.1, 0.15) is 16.7 Å². The van der Waals surface area contributed by atoms with Gasteiger partial charge in [-0.15, -0.1) is 0 Å². The van der Waals surface area contributed by atoms with Gasteiger partial charge in [-0.3, -0.25) is 14.4 Å². The third-order valence-corrected chi connectivity index (χ3v) is 7.45. The van der Waals surface area contributed by atoms with Crippen LogP contribution in [0.4, 0.5) is 0 Å². The number of nitrogens with two attached hydrogens (primary N) is 1. The summed E-state index contributed by atoms with van der Waals surface area (Å²) in [5, 5.41) is 18.7. The Morgan fingerprint density at radius 3 is 1.86 bits per heavy atom. The molecule has 0 radical (unpaired) electrons. The molecule has 43 heavy (non-hydrogen) atoms. The van der Waals surface area contributed by atoms with Gasteiger partial charge < -0.3 is 31.8 Å². The first-order chi connectivity index (χ1) is 20.7. The van der Waals surface area contributed by atoms with E-state index in [4.69, 9.17) is 5.73 Å². The molecule has 4 aromatic rings. The number of thiol groups is 1. The molecule has 4 atom stereocenters. The van der Waals surface area contributed by atoms with Crippen LogP contribution in [-0.2, 0) is 38.4 Å². The minimum atomic E-state index is -1.25. The molecule has 1 heterocycles. The van der Waals surface area contributed by atoms with Gasteiger partial charge >= 0.3 is 5.97 Å². The molecule has 224 valence electrons. The largest absolute Gasteiger partial charge is 0.480 e. The fourth-order valence-corrected chi connectivity index (χ4v) is 5.01. The van der Waals surface area contributed by atoms with Crippen molar-refractivity contribution in [1.82, 2.24) is 20.9 Å².